The van der Waals surface area contributed by atoms with Crippen LogP contribution in [0.4, 0.5) is 23.2 Å². The molecule has 1 saturated carbocycles. The highest BCUT2D eigenvalue weighted by Crippen LogP contribution is 2.58. The second-order valence-corrected chi connectivity index (χ2v) is 9.37. The molecular weight excluding hydrogens is 508 g/mol. The van der Waals surface area contributed by atoms with E-state index in [1.165, 1.54) is 11.6 Å². The minimum Gasteiger partial charge on any atom is -0.475 e. The molecule has 1 amide bonds. The number of halogens is 4. The van der Waals surface area contributed by atoms with Crippen LogP contribution in [0.15, 0.2) is 43.0 Å². The summed E-state index contributed by atoms with van der Waals surface area (Å²) in [6.45, 7) is 3.80. The van der Waals surface area contributed by atoms with Crippen molar-refractivity contribution in [1.29, 1.82) is 0 Å². The first-order valence-corrected chi connectivity index (χ1v) is 11.7. The zero-order chi connectivity index (χ0) is 27.2. The molecule has 0 spiro atoms. The fourth-order valence-corrected chi connectivity index (χ4v) is 5.09. The molecule has 4 aromatic rings. The summed E-state index contributed by atoms with van der Waals surface area (Å²) in [6.07, 6.45) is 3.77. The number of alkyl halides is 3. The van der Waals surface area contributed by atoms with Gasteiger partial charge in [0.1, 0.15) is 5.52 Å². The third-order valence-corrected chi connectivity index (χ3v) is 6.90. The predicted molar refractivity (Wildman–Crippen MR) is 128 cm³/mol. The van der Waals surface area contributed by atoms with Crippen molar-refractivity contribution in [3.63, 3.8) is 0 Å². The van der Waals surface area contributed by atoms with E-state index in [9.17, 15) is 22.4 Å². The number of aliphatic carboxylic acids is 1. The van der Waals surface area contributed by atoms with Crippen LogP contribution in [-0.2, 0) is 10.2 Å². The molecule has 1 aliphatic carbocycles. The van der Waals surface area contributed by atoms with Gasteiger partial charge in [0.25, 0.3) is 5.91 Å². The van der Waals surface area contributed by atoms with Crippen molar-refractivity contribution in [1.82, 2.24) is 24.7 Å². The molecule has 3 N–H and O–H groups in total. The Morgan fingerprint density at radius 2 is 1.89 bits per heavy atom. The van der Waals surface area contributed by atoms with Crippen molar-refractivity contribution in [2.45, 2.75) is 31.4 Å². The van der Waals surface area contributed by atoms with Crippen molar-refractivity contribution in [2.24, 2.45) is 5.92 Å². The number of hydrogen-bond donors (Lipinski definition) is 3. The number of pyridine rings is 1. The number of nitrogens with zero attached hydrogens (tertiary/aromatic N) is 4. The quantitative estimate of drug-likeness (QED) is 0.344. The van der Waals surface area contributed by atoms with Crippen LogP contribution in [0.2, 0.25) is 0 Å². The lowest BCUT2D eigenvalue weighted by Crippen LogP contribution is -2.31. The van der Waals surface area contributed by atoms with Crippen LogP contribution in [0.25, 0.3) is 16.7 Å². The highest BCUT2D eigenvalue weighted by molar-refractivity contribution is 6.12. The largest absolute Gasteiger partial charge is 0.490 e. The van der Waals surface area contributed by atoms with Crippen LogP contribution < -0.4 is 10.6 Å². The summed E-state index contributed by atoms with van der Waals surface area (Å²) in [6, 6.07) is 5.13. The second-order valence-electron chi connectivity index (χ2n) is 9.37. The van der Waals surface area contributed by atoms with Gasteiger partial charge in [0.2, 0.25) is 0 Å². The Bertz CT molecular complexity index is 1570. The summed E-state index contributed by atoms with van der Waals surface area (Å²) >= 11 is 0. The predicted octanol–water partition coefficient (Wildman–Crippen LogP) is 3.86. The minimum absolute atomic E-state index is 0.141. The lowest BCUT2D eigenvalue weighted by Gasteiger charge is -2.24. The van der Waals surface area contributed by atoms with Crippen LogP contribution in [-0.4, -0.2) is 55.6 Å². The van der Waals surface area contributed by atoms with Gasteiger partial charge in [-0.25, -0.2) is 14.2 Å². The average molecular weight is 530 g/mol. The first-order chi connectivity index (χ1) is 18.0. The molecule has 2 aliphatic rings. The third kappa shape index (κ3) is 4.64. The molecule has 1 aromatic carbocycles. The molecule has 0 bridgehead atoms. The Morgan fingerprint density at radius 3 is 2.58 bits per heavy atom. The van der Waals surface area contributed by atoms with E-state index in [-0.39, 0.29) is 17.0 Å². The van der Waals surface area contributed by atoms with Gasteiger partial charge < -0.3 is 20.1 Å². The number of aromatic nitrogens is 4. The normalized spacial score (nSPS) is 20.4. The van der Waals surface area contributed by atoms with E-state index < -0.39 is 18.0 Å². The Morgan fingerprint density at radius 1 is 1.18 bits per heavy atom. The van der Waals surface area contributed by atoms with Crippen LogP contribution in [0.5, 0.6) is 0 Å². The number of piperidine rings is 1. The molecule has 4 heterocycles. The van der Waals surface area contributed by atoms with Gasteiger partial charge in [-0.1, -0.05) is 6.07 Å². The fraction of sp³-hybridized carbons (Fsp3) is 0.320. The number of aryl methyl sites for hydroxylation is 1. The number of rotatable bonds is 3. The SMILES string of the molecule is Cc1cn2cc(NC(=O)c3ccc(C45CCNCC4C5)c4nccnc34)cc(F)c2n1.O=C(O)C(F)(F)F. The summed E-state index contributed by atoms with van der Waals surface area (Å²) in [5.41, 5.74) is 4.40. The number of hydrogen-bond acceptors (Lipinski definition) is 6. The van der Waals surface area contributed by atoms with E-state index >= 15 is 0 Å². The van der Waals surface area contributed by atoms with Gasteiger partial charge >= 0.3 is 12.1 Å². The van der Waals surface area contributed by atoms with E-state index in [1.807, 2.05) is 12.1 Å². The molecule has 2 fully saturated rings. The molecule has 2 unspecified atom stereocenters. The number of nitrogens with one attached hydrogen (secondary N) is 2. The lowest BCUT2D eigenvalue weighted by molar-refractivity contribution is -0.192. The van der Waals surface area contributed by atoms with Crippen LogP contribution in [0.3, 0.4) is 0 Å². The number of carboxylic acids is 1. The molecule has 2 atom stereocenters. The molecule has 6 rings (SSSR count). The van der Waals surface area contributed by atoms with Crippen LogP contribution >= 0.6 is 0 Å². The molecule has 198 valence electrons. The smallest absolute Gasteiger partial charge is 0.475 e. The van der Waals surface area contributed by atoms with Gasteiger partial charge in [0.15, 0.2) is 11.5 Å². The molecule has 13 heteroatoms. The maximum Gasteiger partial charge on any atom is 0.490 e. The van der Waals surface area contributed by atoms with Crippen LogP contribution in [0, 0.1) is 18.7 Å². The van der Waals surface area contributed by atoms with E-state index in [4.69, 9.17) is 9.90 Å². The Hall–Kier alpha value is -4.13. The number of imidazole rings is 1. The number of benzene rings is 1. The fourth-order valence-electron chi connectivity index (χ4n) is 5.09. The Labute approximate surface area is 212 Å². The molecule has 0 radical (unpaired) electrons. The summed E-state index contributed by atoms with van der Waals surface area (Å²) in [5.74, 6) is -2.98. The van der Waals surface area contributed by atoms with E-state index in [1.54, 1.807) is 36.1 Å². The number of amides is 1. The number of anilines is 1. The molecule has 3 aromatic heterocycles. The summed E-state index contributed by atoms with van der Waals surface area (Å²) < 4.78 is 47.7. The van der Waals surface area contributed by atoms with Crippen molar-refractivity contribution in [3.8, 4) is 0 Å². The van der Waals surface area contributed by atoms with Gasteiger partial charge in [0, 0.05) is 36.3 Å². The summed E-state index contributed by atoms with van der Waals surface area (Å²) in [5, 5.41) is 13.4. The molecule has 1 aliphatic heterocycles. The van der Waals surface area contributed by atoms with Crippen LogP contribution in [0.1, 0.15) is 34.5 Å². The molecule has 38 heavy (non-hydrogen) atoms. The monoisotopic (exact) mass is 530 g/mol. The van der Waals surface area contributed by atoms with Gasteiger partial charge in [-0.2, -0.15) is 13.2 Å². The summed E-state index contributed by atoms with van der Waals surface area (Å²) in [4.78, 5) is 35.3. The van der Waals surface area contributed by atoms with E-state index in [2.05, 4.69) is 25.6 Å². The number of fused-ring (bicyclic) bond motifs is 3. The zero-order valence-corrected chi connectivity index (χ0v) is 20.0. The van der Waals surface area contributed by atoms with Crippen molar-refractivity contribution in [2.75, 3.05) is 18.4 Å². The standard InChI is InChI=1S/C23H21FN6O.C2HF3O2/c1-13-11-30-12-15(8-18(24)21(30)28-13)29-22(31)16-2-3-17(20-19(16)26-6-7-27-20)23-4-5-25-10-14(23)9-23;3-2(4,5)1(6)7/h2-3,6-8,11-12,14,25H,4-5,9-10H2,1H3,(H,29,31);(H,6,7). The highest BCUT2D eigenvalue weighted by Gasteiger charge is 2.56. The molecule has 1 saturated heterocycles. The van der Waals surface area contributed by atoms with Crippen molar-refractivity contribution >= 4 is 34.2 Å². The van der Waals surface area contributed by atoms with Gasteiger partial charge in [-0.05, 0) is 50.4 Å². The van der Waals surface area contributed by atoms with Gasteiger partial charge in [-0.15, -0.1) is 0 Å². The van der Waals surface area contributed by atoms with E-state index in [0.29, 0.717) is 28.4 Å². The Balaban J connectivity index is 0.000000374. The average Bonchev–Trinajstić information content (AvgIpc) is 3.49. The minimum atomic E-state index is -5.08. The maximum absolute atomic E-state index is 14.4. The van der Waals surface area contributed by atoms with E-state index in [0.717, 1.165) is 31.4 Å². The lowest BCUT2D eigenvalue weighted by atomic mass is 9.86. The maximum atomic E-state index is 14.4. The Kier molecular flexibility index (Phi) is 6.25. The van der Waals surface area contributed by atoms with Gasteiger partial charge in [-0.3, -0.25) is 14.8 Å². The molecule has 9 nitrogen and oxygen atoms in total. The first-order valence-electron chi connectivity index (χ1n) is 11.7. The molecular formula is C25H22F4N6O3. The number of carbonyl (C=O) groups excluding carboxylic acids is 1. The number of carboxylic acid groups (broad SMARTS) is 1. The van der Waals surface area contributed by atoms with Crippen molar-refractivity contribution < 1.29 is 32.3 Å². The van der Waals surface area contributed by atoms with Crippen molar-refractivity contribution in [3.05, 3.63) is 65.6 Å². The topological polar surface area (TPSA) is 122 Å². The first kappa shape index (κ1) is 25.5. The van der Waals surface area contributed by atoms with Gasteiger partial charge in [0.05, 0.1) is 22.5 Å². The second kappa shape index (κ2) is 9.31. The number of carbonyl (C=O) groups is 2. The summed E-state index contributed by atoms with van der Waals surface area (Å²) in [7, 11) is 0. The third-order valence-electron chi connectivity index (χ3n) is 6.90. The highest BCUT2D eigenvalue weighted by atomic mass is 19.4. The zero-order valence-electron chi connectivity index (χ0n) is 20.0.